The van der Waals surface area contributed by atoms with E-state index in [4.69, 9.17) is 0 Å². The highest BCUT2D eigenvalue weighted by Gasteiger charge is 1.96. The summed E-state index contributed by atoms with van der Waals surface area (Å²) in [6, 6.07) is 0. The maximum atomic E-state index is 10.2. The van der Waals surface area contributed by atoms with Gasteiger partial charge in [-0.15, -0.1) is 0 Å². The van der Waals surface area contributed by atoms with E-state index < -0.39 is 0 Å². The SMILES string of the molecule is O=CN(P)CCCCCCN(P)C=O. The molecule has 2 atom stereocenters. The second-order valence-electron chi connectivity index (χ2n) is 3.10. The fourth-order valence-electron chi connectivity index (χ4n) is 1.05. The first-order valence-electron chi connectivity index (χ1n) is 4.64. The monoisotopic (exact) mass is 236 g/mol. The highest BCUT2D eigenvalue weighted by Crippen LogP contribution is 2.05. The maximum Gasteiger partial charge on any atom is 0.212 e. The summed E-state index contributed by atoms with van der Waals surface area (Å²) in [6.07, 6.45) is 5.83. The van der Waals surface area contributed by atoms with Crippen LogP contribution >= 0.6 is 18.8 Å². The zero-order valence-corrected chi connectivity index (χ0v) is 10.6. The Morgan fingerprint density at radius 1 is 0.786 bits per heavy atom. The molecular weight excluding hydrogens is 218 g/mol. The van der Waals surface area contributed by atoms with E-state index in [9.17, 15) is 9.59 Å². The van der Waals surface area contributed by atoms with Crippen molar-refractivity contribution in [3.63, 3.8) is 0 Å². The van der Waals surface area contributed by atoms with Gasteiger partial charge in [0.15, 0.2) is 0 Å². The van der Waals surface area contributed by atoms with Crippen LogP contribution in [-0.4, -0.2) is 35.3 Å². The second-order valence-corrected chi connectivity index (χ2v) is 4.43. The highest BCUT2D eigenvalue weighted by molar-refractivity contribution is 7.14. The summed E-state index contributed by atoms with van der Waals surface area (Å²) in [4.78, 5) is 20.4. The molecule has 0 radical (unpaired) electrons. The van der Waals surface area contributed by atoms with Crippen LogP contribution in [0.25, 0.3) is 0 Å². The second kappa shape index (κ2) is 9.36. The van der Waals surface area contributed by atoms with Crippen molar-refractivity contribution in [2.45, 2.75) is 25.7 Å². The molecule has 0 aliphatic carbocycles. The molecule has 0 aromatic carbocycles. The molecule has 0 spiro atoms. The van der Waals surface area contributed by atoms with E-state index in [-0.39, 0.29) is 0 Å². The normalized spacial score (nSPS) is 9.57. The van der Waals surface area contributed by atoms with E-state index in [1.807, 2.05) is 0 Å². The van der Waals surface area contributed by atoms with Gasteiger partial charge >= 0.3 is 0 Å². The van der Waals surface area contributed by atoms with Crippen molar-refractivity contribution in [1.29, 1.82) is 0 Å². The number of amides is 2. The Balaban J connectivity index is 3.13. The van der Waals surface area contributed by atoms with Crippen LogP contribution < -0.4 is 0 Å². The number of nitrogens with zero attached hydrogens (tertiary/aromatic N) is 2. The Bertz CT molecular complexity index is 151. The molecule has 0 bridgehead atoms. The summed E-state index contributed by atoms with van der Waals surface area (Å²) in [6.45, 7) is 1.57. The van der Waals surface area contributed by atoms with Gasteiger partial charge in [0, 0.05) is 13.1 Å². The largest absolute Gasteiger partial charge is 0.330 e. The zero-order chi connectivity index (χ0) is 10.8. The third-order valence-corrected chi connectivity index (χ3v) is 2.61. The number of carbonyl (C=O) groups excluding carboxylic acids is 2. The molecule has 0 heterocycles. The third-order valence-electron chi connectivity index (χ3n) is 1.85. The van der Waals surface area contributed by atoms with Gasteiger partial charge in [0.2, 0.25) is 12.8 Å². The van der Waals surface area contributed by atoms with Crippen LogP contribution in [0.2, 0.25) is 0 Å². The molecule has 6 heteroatoms. The molecule has 0 rings (SSSR count). The van der Waals surface area contributed by atoms with Crippen LogP contribution in [0.3, 0.4) is 0 Å². The molecule has 82 valence electrons. The highest BCUT2D eigenvalue weighted by atomic mass is 31.0. The van der Waals surface area contributed by atoms with Crippen LogP contribution in [0.15, 0.2) is 0 Å². The molecule has 2 unspecified atom stereocenters. The average molecular weight is 236 g/mol. The Morgan fingerprint density at radius 3 is 1.43 bits per heavy atom. The van der Waals surface area contributed by atoms with E-state index >= 15 is 0 Å². The molecule has 2 amide bonds. The minimum atomic E-state index is 0.784. The topological polar surface area (TPSA) is 40.6 Å². The van der Waals surface area contributed by atoms with E-state index in [1.165, 1.54) is 0 Å². The van der Waals surface area contributed by atoms with Crippen LogP contribution in [0.1, 0.15) is 25.7 Å². The number of hydrogen-bond acceptors (Lipinski definition) is 2. The molecule has 0 N–H and O–H groups in total. The minimum absolute atomic E-state index is 0.784. The van der Waals surface area contributed by atoms with Gasteiger partial charge in [0.25, 0.3) is 0 Å². The van der Waals surface area contributed by atoms with Gasteiger partial charge in [0.05, 0.1) is 0 Å². The fourth-order valence-corrected chi connectivity index (χ4v) is 1.41. The predicted octanol–water partition coefficient (Wildman–Crippen LogP) is 1.04. The summed E-state index contributed by atoms with van der Waals surface area (Å²) in [7, 11) is 4.72. The Kier molecular flexibility index (Phi) is 9.23. The summed E-state index contributed by atoms with van der Waals surface area (Å²) < 4.78 is 3.13. The van der Waals surface area contributed by atoms with Crippen molar-refractivity contribution >= 4 is 31.6 Å². The molecule has 0 aliphatic rings. The van der Waals surface area contributed by atoms with Gasteiger partial charge in [-0.25, -0.2) is 0 Å². The van der Waals surface area contributed by atoms with Crippen molar-refractivity contribution in [2.24, 2.45) is 0 Å². The Hall–Kier alpha value is -0.200. The summed E-state index contributed by atoms with van der Waals surface area (Å²) >= 11 is 0. The van der Waals surface area contributed by atoms with Gasteiger partial charge < -0.3 is 9.34 Å². The van der Waals surface area contributed by atoms with Gasteiger partial charge in [-0.05, 0) is 31.6 Å². The van der Waals surface area contributed by atoms with Gasteiger partial charge in [-0.3, -0.25) is 9.59 Å². The van der Waals surface area contributed by atoms with Crippen LogP contribution in [0.5, 0.6) is 0 Å². The molecule has 4 nitrogen and oxygen atoms in total. The lowest BCUT2D eigenvalue weighted by molar-refractivity contribution is -0.114. The lowest BCUT2D eigenvalue weighted by Gasteiger charge is -2.11. The third kappa shape index (κ3) is 8.40. The average Bonchev–Trinajstić information content (AvgIpc) is 2.22. The minimum Gasteiger partial charge on any atom is -0.330 e. The van der Waals surface area contributed by atoms with E-state index in [2.05, 4.69) is 18.8 Å². The summed E-state index contributed by atoms with van der Waals surface area (Å²) in [5.74, 6) is 0. The number of hydrogen-bond donors (Lipinski definition) is 0. The summed E-state index contributed by atoms with van der Waals surface area (Å²) in [5.41, 5.74) is 0. The number of carbonyl (C=O) groups is 2. The lowest BCUT2D eigenvalue weighted by atomic mass is 10.2. The van der Waals surface area contributed by atoms with Gasteiger partial charge in [-0.2, -0.15) is 0 Å². The smallest absolute Gasteiger partial charge is 0.212 e. The van der Waals surface area contributed by atoms with E-state index in [1.54, 1.807) is 9.34 Å². The zero-order valence-electron chi connectivity index (χ0n) is 8.26. The molecule has 0 aromatic heterocycles. The van der Waals surface area contributed by atoms with Crippen LogP contribution in [0, 0.1) is 0 Å². The molecule has 0 fully saturated rings. The van der Waals surface area contributed by atoms with Crippen molar-refractivity contribution in [1.82, 2.24) is 9.34 Å². The van der Waals surface area contributed by atoms with Crippen LogP contribution in [0.4, 0.5) is 0 Å². The molecule has 0 saturated heterocycles. The first-order valence-corrected chi connectivity index (χ1v) is 5.67. The van der Waals surface area contributed by atoms with Gasteiger partial charge in [-0.1, -0.05) is 12.8 Å². The fraction of sp³-hybridized carbons (Fsp3) is 0.750. The van der Waals surface area contributed by atoms with Crippen molar-refractivity contribution in [2.75, 3.05) is 13.1 Å². The van der Waals surface area contributed by atoms with Crippen molar-refractivity contribution in [3.8, 4) is 0 Å². The van der Waals surface area contributed by atoms with Crippen molar-refractivity contribution in [3.05, 3.63) is 0 Å². The van der Waals surface area contributed by atoms with Gasteiger partial charge in [0.1, 0.15) is 0 Å². The molecule has 14 heavy (non-hydrogen) atoms. The van der Waals surface area contributed by atoms with E-state index in [0.29, 0.717) is 0 Å². The van der Waals surface area contributed by atoms with E-state index in [0.717, 1.165) is 51.6 Å². The lowest BCUT2D eigenvalue weighted by Crippen LogP contribution is -2.11. The molecular formula is C8H18N2O2P2. The van der Waals surface area contributed by atoms with Crippen LogP contribution in [-0.2, 0) is 9.59 Å². The molecule has 0 aromatic rings. The Labute approximate surface area is 89.9 Å². The van der Waals surface area contributed by atoms with Crippen molar-refractivity contribution < 1.29 is 9.59 Å². The first-order chi connectivity index (χ1) is 6.70. The number of rotatable bonds is 9. The number of unbranched alkanes of at least 4 members (excludes halogenated alkanes) is 3. The quantitative estimate of drug-likeness (QED) is 0.341. The predicted molar refractivity (Wildman–Crippen MR) is 63.4 cm³/mol. The summed E-state index contributed by atoms with van der Waals surface area (Å²) in [5, 5.41) is 0. The molecule has 0 aliphatic heterocycles. The Morgan fingerprint density at radius 2 is 1.14 bits per heavy atom. The maximum absolute atomic E-state index is 10.2. The standard InChI is InChI=1S/C8H18N2O2P2/c11-7-9(13)5-3-1-2-4-6-10(14)8-12/h7-8H,1-6,13-14H2. The first kappa shape index (κ1) is 13.8. The molecule has 0 saturated carbocycles.